The van der Waals surface area contributed by atoms with Crippen LogP contribution in [-0.2, 0) is 27.5 Å². The van der Waals surface area contributed by atoms with Crippen molar-refractivity contribution in [2.24, 2.45) is 24.8 Å². The van der Waals surface area contributed by atoms with Crippen LogP contribution in [0.3, 0.4) is 0 Å². The first kappa shape index (κ1) is 39.3. The zero-order valence-corrected chi connectivity index (χ0v) is 29.5. The first-order chi connectivity index (χ1) is 23.3. The van der Waals surface area contributed by atoms with Gasteiger partial charge in [-0.2, -0.15) is 13.2 Å². The molecule has 1 aromatic heterocycles. The van der Waals surface area contributed by atoms with Crippen molar-refractivity contribution in [1.29, 1.82) is 0 Å². The molecular weight excluding hydrogens is 660 g/mol. The number of hydrogen-bond donors (Lipinski definition) is 2. The fraction of sp³-hybridized carbons (Fsp3) is 0.417. The molecule has 13 heteroatoms. The molecule has 1 aliphatic rings. The summed E-state index contributed by atoms with van der Waals surface area (Å²) in [6.45, 7) is 8.10. The van der Waals surface area contributed by atoms with Crippen LogP contribution in [0.5, 0.6) is 0 Å². The summed E-state index contributed by atoms with van der Waals surface area (Å²) in [5, 5.41) is 9.45. The second-order valence-corrected chi connectivity index (χ2v) is 12.8. The standard InChI is InChI=1S/C33H36F4N4O2S.C2H6.CH2O2/c1-19-26(13-8-22(18-43-5)31(19)32(42)39-28-14-9-23(16-27(28)34)33(35,36)37)21-6-10-24(11-7-21)41(4)44-25-12-15-30-29(17-25)38-20(2)40(30)3;1-2;2-1-3/h6-7,9-12,14-17,19,22,26,31H,8,13,18H2,1-5H3,(H,39,42);1-2H3;1H,(H,2,3)/t19-,22-,26-,31?;;/m1../s1. The van der Waals surface area contributed by atoms with E-state index in [1.165, 1.54) is 0 Å². The number of anilines is 2. The van der Waals surface area contributed by atoms with Crippen LogP contribution in [0, 0.1) is 30.5 Å². The van der Waals surface area contributed by atoms with Crippen LogP contribution in [0.2, 0.25) is 0 Å². The molecule has 0 aliphatic heterocycles. The van der Waals surface area contributed by atoms with Crippen LogP contribution < -0.4 is 9.62 Å². The van der Waals surface area contributed by atoms with Crippen molar-refractivity contribution in [3.05, 3.63) is 83.4 Å². The highest BCUT2D eigenvalue weighted by molar-refractivity contribution is 8.00. The number of nitrogens with one attached hydrogen (secondary N) is 1. The topological polar surface area (TPSA) is 96.7 Å². The Labute approximate surface area is 289 Å². The normalized spacial score (nSPS) is 18.8. The molecule has 0 bridgehead atoms. The zero-order chi connectivity index (χ0) is 36.5. The minimum absolute atomic E-state index is 0.0677. The number of methoxy groups -OCH3 is 1. The van der Waals surface area contributed by atoms with Crippen molar-refractivity contribution < 1.29 is 37.0 Å². The minimum Gasteiger partial charge on any atom is -0.483 e. The van der Waals surface area contributed by atoms with Gasteiger partial charge in [0.2, 0.25) is 5.91 Å². The molecule has 266 valence electrons. The quantitative estimate of drug-likeness (QED) is 0.107. The number of halogens is 4. The molecule has 0 saturated heterocycles. The number of carbonyl (C=O) groups is 2. The summed E-state index contributed by atoms with van der Waals surface area (Å²) in [6.07, 6.45) is -3.10. The Bertz CT molecular complexity index is 1700. The Balaban J connectivity index is 0.00000123. The number of carbonyl (C=O) groups excluding carboxylic acids is 1. The SMILES string of the molecule is CC.COC[C@H]1CC[C@@H](c2ccc(N(C)Sc3ccc4c(c3)nc(C)n4C)cc2)[C@@H](C)C1C(=O)Nc1ccc(C(F)(F)F)cc1F.O=CO. The average Bonchev–Trinajstić information content (AvgIpc) is 3.35. The maximum Gasteiger partial charge on any atom is 0.416 e. The number of hydrogen-bond acceptors (Lipinski definition) is 6. The predicted molar refractivity (Wildman–Crippen MR) is 186 cm³/mol. The summed E-state index contributed by atoms with van der Waals surface area (Å²) in [5.74, 6) is -1.25. The summed E-state index contributed by atoms with van der Waals surface area (Å²) in [7, 11) is 5.58. The summed E-state index contributed by atoms with van der Waals surface area (Å²) in [6, 6.07) is 16.7. The minimum atomic E-state index is -4.67. The number of amides is 1. The van der Waals surface area contributed by atoms with Crippen LogP contribution in [0.15, 0.2) is 65.6 Å². The summed E-state index contributed by atoms with van der Waals surface area (Å²) >= 11 is 1.61. The fourth-order valence-electron chi connectivity index (χ4n) is 6.35. The van der Waals surface area contributed by atoms with Gasteiger partial charge in [0.15, 0.2) is 0 Å². The molecule has 8 nitrogen and oxygen atoms in total. The molecule has 1 saturated carbocycles. The van der Waals surface area contributed by atoms with Crippen LogP contribution in [0.1, 0.15) is 56.5 Å². The zero-order valence-electron chi connectivity index (χ0n) is 28.7. The van der Waals surface area contributed by atoms with Crippen molar-refractivity contribution in [3.63, 3.8) is 0 Å². The van der Waals surface area contributed by atoms with Crippen LogP contribution in [-0.4, -0.2) is 47.8 Å². The number of fused-ring (bicyclic) bond motifs is 1. The first-order valence-corrected chi connectivity index (χ1v) is 16.8. The summed E-state index contributed by atoms with van der Waals surface area (Å²) in [5.41, 5.74) is 2.79. The van der Waals surface area contributed by atoms with Gasteiger partial charge in [-0.1, -0.05) is 32.9 Å². The molecule has 4 aromatic rings. The lowest BCUT2D eigenvalue weighted by atomic mass is 9.65. The largest absolute Gasteiger partial charge is 0.483 e. The third-order valence-electron chi connectivity index (χ3n) is 8.80. The predicted octanol–water partition coefficient (Wildman–Crippen LogP) is 8.94. The fourth-order valence-corrected chi connectivity index (χ4v) is 7.18. The Morgan fingerprint density at radius 3 is 2.37 bits per heavy atom. The van der Waals surface area contributed by atoms with E-state index in [1.54, 1.807) is 19.1 Å². The average molecular weight is 705 g/mol. The Morgan fingerprint density at radius 1 is 1.12 bits per heavy atom. The first-order valence-electron chi connectivity index (χ1n) is 16.0. The molecule has 2 N–H and O–H groups in total. The molecule has 5 rings (SSSR count). The monoisotopic (exact) mass is 704 g/mol. The number of nitrogens with zero attached hydrogens (tertiary/aromatic N) is 3. The number of rotatable bonds is 8. The molecule has 49 heavy (non-hydrogen) atoms. The maximum atomic E-state index is 14.6. The summed E-state index contributed by atoms with van der Waals surface area (Å²) < 4.78 is 63.1. The van der Waals surface area contributed by atoms with E-state index in [4.69, 9.17) is 14.6 Å². The van der Waals surface area contributed by atoms with E-state index in [9.17, 15) is 22.4 Å². The number of aryl methyl sites for hydroxylation is 2. The molecule has 1 amide bonds. The highest BCUT2D eigenvalue weighted by Crippen LogP contribution is 2.45. The van der Waals surface area contributed by atoms with Gasteiger partial charge in [-0.25, -0.2) is 9.37 Å². The Morgan fingerprint density at radius 2 is 1.78 bits per heavy atom. The van der Waals surface area contributed by atoms with Crippen LogP contribution in [0.4, 0.5) is 28.9 Å². The number of imidazole rings is 1. The highest BCUT2D eigenvalue weighted by atomic mass is 32.2. The maximum absolute atomic E-state index is 14.6. The molecule has 3 aromatic carbocycles. The van der Waals surface area contributed by atoms with Crippen molar-refractivity contribution in [1.82, 2.24) is 9.55 Å². The third-order valence-corrected chi connectivity index (χ3v) is 9.75. The van der Waals surface area contributed by atoms with E-state index < -0.39 is 29.4 Å². The van der Waals surface area contributed by atoms with Gasteiger partial charge in [0, 0.05) is 44.3 Å². The highest BCUT2D eigenvalue weighted by Gasteiger charge is 2.42. The van der Waals surface area contributed by atoms with E-state index in [-0.39, 0.29) is 29.9 Å². The number of carboxylic acid groups (broad SMARTS) is 1. The van der Waals surface area contributed by atoms with Crippen LogP contribution >= 0.6 is 11.9 Å². The Hall–Kier alpha value is -4.10. The van der Waals surface area contributed by atoms with E-state index >= 15 is 0 Å². The smallest absolute Gasteiger partial charge is 0.416 e. The van der Waals surface area contributed by atoms with Gasteiger partial charge >= 0.3 is 6.18 Å². The lowest BCUT2D eigenvalue weighted by molar-refractivity contribution is -0.137. The van der Waals surface area contributed by atoms with Gasteiger partial charge in [0.05, 0.1) is 22.3 Å². The number of aromatic nitrogens is 2. The molecule has 0 radical (unpaired) electrons. The Kier molecular flexibility index (Phi) is 14.1. The molecule has 1 heterocycles. The van der Waals surface area contributed by atoms with Gasteiger partial charge < -0.3 is 24.0 Å². The van der Waals surface area contributed by atoms with E-state index in [1.807, 2.05) is 41.8 Å². The van der Waals surface area contributed by atoms with Crippen LogP contribution in [0.25, 0.3) is 11.0 Å². The van der Waals surface area contributed by atoms with Crippen molar-refractivity contribution in [2.75, 3.05) is 30.4 Å². The van der Waals surface area contributed by atoms with Gasteiger partial charge in [0.25, 0.3) is 6.47 Å². The second-order valence-electron chi connectivity index (χ2n) is 11.6. The van der Waals surface area contributed by atoms with Gasteiger partial charge in [-0.15, -0.1) is 0 Å². The lowest BCUT2D eigenvalue weighted by Gasteiger charge is -2.41. The number of ether oxygens (including phenoxy) is 1. The van der Waals surface area contributed by atoms with Gasteiger partial charge in [-0.3, -0.25) is 9.59 Å². The molecular formula is C36H44F4N4O4S. The number of alkyl halides is 3. The molecule has 1 fully saturated rings. The summed E-state index contributed by atoms with van der Waals surface area (Å²) in [4.78, 5) is 27.6. The van der Waals surface area contributed by atoms with E-state index in [0.29, 0.717) is 12.7 Å². The molecule has 1 aliphatic carbocycles. The van der Waals surface area contributed by atoms with Crippen molar-refractivity contribution >= 4 is 46.7 Å². The second kappa shape index (κ2) is 17.5. The van der Waals surface area contributed by atoms with Gasteiger partial charge in [0.1, 0.15) is 11.6 Å². The van der Waals surface area contributed by atoms with Crippen molar-refractivity contribution in [2.45, 2.75) is 57.5 Å². The van der Waals surface area contributed by atoms with E-state index in [2.05, 4.69) is 61.6 Å². The lowest BCUT2D eigenvalue weighted by Crippen LogP contribution is -2.42. The number of benzene rings is 3. The molecule has 4 atom stereocenters. The van der Waals surface area contributed by atoms with Crippen molar-refractivity contribution in [3.8, 4) is 0 Å². The molecule has 0 spiro atoms. The third kappa shape index (κ3) is 9.54. The van der Waals surface area contributed by atoms with E-state index in [0.717, 1.165) is 58.0 Å². The van der Waals surface area contributed by atoms with Gasteiger partial charge in [-0.05, 0) is 104 Å². The molecule has 1 unspecified atom stereocenters.